The van der Waals surface area contributed by atoms with Crippen LogP contribution >= 0.6 is 9.24 Å². The number of hydrogen-bond donors (Lipinski definition) is 0. The first-order valence-electron chi connectivity index (χ1n) is 4.23. The molecule has 1 aromatic carbocycles. The summed E-state index contributed by atoms with van der Waals surface area (Å²) in [7, 11) is 1.92. The van der Waals surface area contributed by atoms with Gasteiger partial charge < -0.3 is 4.74 Å². The lowest BCUT2D eigenvalue weighted by molar-refractivity contribution is 0.134. The third kappa shape index (κ3) is 2.58. The largest absolute Gasteiger partial charge is 0.377 e. The van der Waals surface area contributed by atoms with Crippen molar-refractivity contribution < 1.29 is 4.74 Å². The van der Waals surface area contributed by atoms with Crippen molar-refractivity contribution in [1.29, 1.82) is 0 Å². The van der Waals surface area contributed by atoms with Gasteiger partial charge in [-0.15, -0.1) is 0 Å². The van der Waals surface area contributed by atoms with E-state index in [-0.39, 0.29) is 0 Å². The smallest absolute Gasteiger partial charge is 0.0920 e. The monoisotopic (exact) mass is 183 g/mol. The summed E-state index contributed by atoms with van der Waals surface area (Å²) in [6.07, 6.45) is 0. The van der Waals surface area contributed by atoms with Crippen molar-refractivity contribution in [3.05, 3.63) is 29.3 Å². The highest BCUT2D eigenvalue weighted by Crippen LogP contribution is 2.06. The predicted octanol–water partition coefficient (Wildman–Crippen LogP) is 1.76. The number of aryl methyl sites for hydroxylation is 1. The molecule has 0 amide bonds. The van der Waals surface area contributed by atoms with Crippen molar-refractivity contribution in [1.82, 2.24) is 0 Å². The second kappa shape index (κ2) is 4.59. The third-order valence-electron chi connectivity index (χ3n) is 1.82. The Labute approximate surface area is 76.3 Å². The lowest BCUT2D eigenvalue weighted by atomic mass is 10.1. The summed E-state index contributed by atoms with van der Waals surface area (Å²) in [5.41, 5.74) is 2.62. The van der Waals surface area contributed by atoms with Crippen LogP contribution in [0.25, 0.3) is 0 Å². The maximum atomic E-state index is 5.36. The Morgan fingerprint density at radius 3 is 2.83 bits per heavy atom. The minimum atomic E-state index is 0.747. The predicted molar refractivity (Wildman–Crippen MR) is 57.2 cm³/mol. The molecule has 0 spiro atoms. The molecule has 0 saturated carbocycles. The van der Waals surface area contributed by atoms with Gasteiger partial charge in [-0.25, -0.2) is 0 Å². The number of ether oxygens (including phenoxy) is 1. The molecule has 0 radical (unpaired) electrons. The minimum Gasteiger partial charge on any atom is -0.377 e. The van der Waals surface area contributed by atoms with Gasteiger partial charge in [0.1, 0.15) is 0 Å². The molecule has 2 heteroatoms. The van der Waals surface area contributed by atoms with Crippen LogP contribution in [0.2, 0.25) is 0 Å². The summed E-state index contributed by atoms with van der Waals surface area (Å²) in [4.78, 5) is 0. The molecule has 0 heterocycles. The molecule has 0 saturated heterocycles. The Kier molecular flexibility index (Phi) is 3.71. The molecular formula is C10H16OP+. The molecule has 1 rings (SSSR count). The second-order valence-electron chi connectivity index (χ2n) is 2.91. The summed E-state index contributed by atoms with van der Waals surface area (Å²) in [6, 6.07) is 6.48. The first-order valence-corrected chi connectivity index (χ1v) is 4.94. The van der Waals surface area contributed by atoms with Gasteiger partial charge >= 0.3 is 0 Å². The third-order valence-corrected chi connectivity index (χ3v) is 2.51. The average Bonchev–Trinajstić information content (AvgIpc) is 2.07. The number of rotatable bonds is 3. The Morgan fingerprint density at radius 2 is 2.17 bits per heavy atom. The van der Waals surface area contributed by atoms with Crippen LogP contribution in [0, 0.1) is 6.92 Å². The molecule has 66 valence electrons. The van der Waals surface area contributed by atoms with Gasteiger partial charge in [0.2, 0.25) is 0 Å². The van der Waals surface area contributed by atoms with Crippen LogP contribution in [0.3, 0.4) is 0 Å². The number of benzene rings is 1. The van der Waals surface area contributed by atoms with Gasteiger partial charge in [0, 0.05) is 21.4 Å². The van der Waals surface area contributed by atoms with Crippen molar-refractivity contribution in [2.24, 2.45) is 0 Å². The first kappa shape index (κ1) is 9.70. The highest BCUT2D eigenvalue weighted by atomic mass is 31.0. The molecule has 0 bridgehead atoms. The van der Waals surface area contributed by atoms with Gasteiger partial charge in [-0.05, 0) is 26.0 Å². The summed E-state index contributed by atoms with van der Waals surface area (Å²) >= 11 is 0. The minimum absolute atomic E-state index is 0.747. The van der Waals surface area contributed by atoms with E-state index in [9.17, 15) is 0 Å². The fraction of sp³-hybridized carbons (Fsp3) is 0.400. The van der Waals surface area contributed by atoms with Crippen LogP contribution in [0.4, 0.5) is 0 Å². The highest BCUT2D eigenvalue weighted by molar-refractivity contribution is 7.27. The van der Waals surface area contributed by atoms with Gasteiger partial charge in [-0.2, -0.15) is 0 Å². The van der Waals surface area contributed by atoms with Crippen molar-refractivity contribution >= 4 is 14.5 Å². The summed E-state index contributed by atoms with van der Waals surface area (Å²) < 4.78 is 5.36. The van der Waals surface area contributed by atoms with Crippen molar-refractivity contribution in [3.8, 4) is 0 Å². The van der Waals surface area contributed by atoms with E-state index in [4.69, 9.17) is 4.74 Å². The Bertz CT molecular complexity index is 258. The molecule has 1 aromatic rings. The molecule has 12 heavy (non-hydrogen) atoms. The van der Waals surface area contributed by atoms with Gasteiger partial charge in [0.05, 0.1) is 11.9 Å². The summed E-state index contributed by atoms with van der Waals surface area (Å²) in [5.74, 6) is 0. The molecule has 0 aliphatic carbocycles. The van der Waals surface area contributed by atoms with E-state index in [0.29, 0.717) is 0 Å². The van der Waals surface area contributed by atoms with E-state index < -0.39 is 0 Å². The highest BCUT2D eigenvalue weighted by Gasteiger charge is 2.01. The van der Waals surface area contributed by atoms with Crippen LogP contribution in [0.5, 0.6) is 0 Å². The quantitative estimate of drug-likeness (QED) is 0.649. The SMILES string of the molecule is CCOCc1cc(C)ccc1[PH3+]. The average molecular weight is 183 g/mol. The zero-order valence-corrected chi connectivity index (χ0v) is 9.18. The molecule has 0 aliphatic rings. The first-order chi connectivity index (χ1) is 5.74. The zero-order chi connectivity index (χ0) is 8.97. The Hall–Kier alpha value is -0.390. The summed E-state index contributed by atoms with van der Waals surface area (Å²) in [6.45, 7) is 5.67. The molecule has 1 nitrogen and oxygen atoms in total. The molecule has 1 unspecified atom stereocenters. The van der Waals surface area contributed by atoms with Crippen LogP contribution in [0.1, 0.15) is 18.1 Å². The fourth-order valence-electron chi connectivity index (χ4n) is 1.10. The van der Waals surface area contributed by atoms with Gasteiger partial charge in [-0.1, -0.05) is 11.6 Å². The Morgan fingerprint density at radius 1 is 1.42 bits per heavy atom. The van der Waals surface area contributed by atoms with Gasteiger partial charge in [0.15, 0.2) is 0 Å². The second-order valence-corrected chi connectivity index (χ2v) is 3.67. The van der Waals surface area contributed by atoms with Crippen molar-refractivity contribution in [2.75, 3.05) is 6.61 Å². The molecule has 0 aliphatic heterocycles. The molecular weight excluding hydrogens is 167 g/mol. The molecule has 1 atom stereocenters. The van der Waals surface area contributed by atoms with Gasteiger partial charge in [-0.3, -0.25) is 0 Å². The topological polar surface area (TPSA) is 9.23 Å². The maximum absolute atomic E-state index is 5.36. The van der Waals surface area contributed by atoms with E-state index in [1.807, 2.05) is 16.2 Å². The van der Waals surface area contributed by atoms with Crippen LogP contribution in [-0.4, -0.2) is 6.61 Å². The Balaban J connectivity index is 2.75. The van der Waals surface area contributed by atoms with Crippen LogP contribution in [0.15, 0.2) is 18.2 Å². The number of hydrogen-bond acceptors (Lipinski definition) is 1. The normalized spacial score (nSPS) is 10.5. The lowest BCUT2D eigenvalue weighted by Gasteiger charge is -2.03. The molecule has 0 fully saturated rings. The van der Waals surface area contributed by atoms with Gasteiger partial charge in [0.25, 0.3) is 0 Å². The molecule has 0 N–H and O–H groups in total. The van der Waals surface area contributed by atoms with E-state index in [1.54, 1.807) is 0 Å². The lowest BCUT2D eigenvalue weighted by Crippen LogP contribution is -2.04. The molecule has 0 aromatic heterocycles. The van der Waals surface area contributed by atoms with Crippen LogP contribution < -0.4 is 5.30 Å². The summed E-state index contributed by atoms with van der Waals surface area (Å²) in [5, 5.41) is 1.34. The van der Waals surface area contributed by atoms with Crippen molar-refractivity contribution in [3.63, 3.8) is 0 Å². The van der Waals surface area contributed by atoms with Crippen molar-refractivity contribution in [2.45, 2.75) is 20.5 Å². The van der Waals surface area contributed by atoms with E-state index in [0.717, 1.165) is 13.2 Å². The standard InChI is InChI=1S/C10H15OP/c1-3-11-7-9-6-8(2)4-5-10(9)12/h4-6H,3,7,12H2,1-2H3/p+1. The van der Waals surface area contributed by atoms with E-state index >= 15 is 0 Å². The maximum Gasteiger partial charge on any atom is 0.0920 e. The fourth-order valence-corrected chi connectivity index (χ4v) is 1.42. The van der Waals surface area contributed by atoms with Crippen LogP contribution in [-0.2, 0) is 11.3 Å². The van der Waals surface area contributed by atoms with E-state index in [2.05, 4.69) is 25.1 Å². The zero-order valence-electron chi connectivity index (χ0n) is 7.76. The van der Waals surface area contributed by atoms with E-state index in [1.165, 1.54) is 16.4 Å².